The highest BCUT2D eigenvalue weighted by molar-refractivity contribution is 7.89. The van der Waals surface area contributed by atoms with Crippen molar-refractivity contribution >= 4 is 44.6 Å². The molecule has 31 heavy (non-hydrogen) atoms. The molecule has 1 fully saturated rings. The lowest BCUT2D eigenvalue weighted by molar-refractivity contribution is 0.0746. The van der Waals surface area contributed by atoms with Gasteiger partial charge in [-0.3, -0.25) is 4.79 Å². The van der Waals surface area contributed by atoms with Crippen molar-refractivity contribution in [3.63, 3.8) is 0 Å². The van der Waals surface area contributed by atoms with Crippen molar-refractivity contribution < 1.29 is 13.2 Å². The molecule has 162 valence electrons. The van der Waals surface area contributed by atoms with Gasteiger partial charge in [0.2, 0.25) is 10.0 Å². The van der Waals surface area contributed by atoms with Gasteiger partial charge in [-0.1, -0.05) is 35.9 Å². The Morgan fingerprint density at radius 2 is 1.77 bits per heavy atom. The highest BCUT2D eigenvalue weighted by atomic mass is 35.5. The SMILES string of the molecule is O=C(c1cccc(S(=O)(=O)NCc2cccs2)c1)N1CCN(c2ccccc2Cl)CC1. The number of hydrogen-bond donors (Lipinski definition) is 1. The maximum absolute atomic E-state index is 13.0. The van der Waals surface area contributed by atoms with Crippen molar-refractivity contribution in [1.82, 2.24) is 9.62 Å². The molecule has 1 aliphatic rings. The van der Waals surface area contributed by atoms with Crippen molar-refractivity contribution in [2.24, 2.45) is 0 Å². The fraction of sp³-hybridized carbons (Fsp3) is 0.227. The molecule has 0 spiro atoms. The number of carbonyl (C=O) groups excluding carboxylic acids is 1. The third-order valence-corrected chi connectivity index (χ3v) is 7.76. The van der Waals surface area contributed by atoms with Gasteiger partial charge >= 0.3 is 0 Å². The summed E-state index contributed by atoms with van der Waals surface area (Å²) in [4.78, 5) is 17.9. The number of nitrogens with zero attached hydrogens (tertiary/aromatic N) is 2. The van der Waals surface area contributed by atoms with Crippen molar-refractivity contribution in [2.75, 3.05) is 31.1 Å². The molecule has 0 radical (unpaired) electrons. The number of halogens is 1. The van der Waals surface area contributed by atoms with E-state index in [9.17, 15) is 13.2 Å². The van der Waals surface area contributed by atoms with Gasteiger partial charge < -0.3 is 9.80 Å². The summed E-state index contributed by atoms with van der Waals surface area (Å²) in [5.74, 6) is -0.172. The quantitative estimate of drug-likeness (QED) is 0.588. The summed E-state index contributed by atoms with van der Waals surface area (Å²) in [6.45, 7) is 2.63. The molecular formula is C22H22ClN3O3S2. The molecule has 1 N–H and O–H groups in total. The van der Waals surface area contributed by atoms with Crippen LogP contribution in [-0.4, -0.2) is 45.4 Å². The number of rotatable bonds is 6. The smallest absolute Gasteiger partial charge is 0.254 e. The lowest BCUT2D eigenvalue weighted by atomic mass is 10.1. The number of anilines is 1. The van der Waals surface area contributed by atoms with E-state index in [0.29, 0.717) is 36.8 Å². The zero-order valence-electron chi connectivity index (χ0n) is 16.7. The maximum Gasteiger partial charge on any atom is 0.254 e. The topological polar surface area (TPSA) is 69.7 Å². The molecular weight excluding hydrogens is 454 g/mol. The molecule has 9 heteroatoms. The molecule has 0 unspecified atom stereocenters. The van der Waals surface area contributed by atoms with Gasteiger partial charge in [0.1, 0.15) is 0 Å². The maximum atomic E-state index is 13.0. The van der Waals surface area contributed by atoms with Crippen LogP contribution in [0.5, 0.6) is 0 Å². The lowest BCUT2D eigenvalue weighted by Crippen LogP contribution is -2.48. The lowest BCUT2D eigenvalue weighted by Gasteiger charge is -2.36. The number of nitrogens with one attached hydrogen (secondary N) is 1. The monoisotopic (exact) mass is 475 g/mol. The van der Waals surface area contributed by atoms with Gasteiger partial charge in [-0.05, 0) is 41.8 Å². The van der Waals surface area contributed by atoms with Gasteiger partial charge in [0.15, 0.2) is 0 Å². The van der Waals surface area contributed by atoms with Crippen molar-refractivity contribution in [3.8, 4) is 0 Å². The predicted molar refractivity (Wildman–Crippen MR) is 124 cm³/mol. The van der Waals surface area contributed by atoms with Crippen LogP contribution in [0.4, 0.5) is 5.69 Å². The first-order chi connectivity index (χ1) is 14.9. The fourth-order valence-electron chi connectivity index (χ4n) is 3.50. The summed E-state index contributed by atoms with van der Waals surface area (Å²) >= 11 is 7.77. The number of piperazine rings is 1. The van der Waals surface area contributed by atoms with Crippen LogP contribution in [0, 0.1) is 0 Å². The van der Waals surface area contributed by atoms with Gasteiger partial charge in [-0.15, -0.1) is 11.3 Å². The van der Waals surface area contributed by atoms with Crippen molar-refractivity contribution in [2.45, 2.75) is 11.4 Å². The molecule has 1 aromatic heterocycles. The number of benzene rings is 2. The first kappa shape index (κ1) is 21.8. The number of amides is 1. The molecule has 0 aliphatic carbocycles. The van der Waals surface area contributed by atoms with Crippen LogP contribution < -0.4 is 9.62 Å². The number of para-hydroxylation sites is 1. The van der Waals surface area contributed by atoms with E-state index in [4.69, 9.17) is 11.6 Å². The molecule has 2 aromatic carbocycles. The summed E-state index contributed by atoms with van der Waals surface area (Å²) in [5, 5.41) is 2.59. The molecule has 0 atom stereocenters. The molecule has 3 aromatic rings. The van der Waals surface area contributed by atoms with E-state index in [1.807, 2.05) is 41.8 Å². The van der Waals surface area contributed by atoms with E-state index < -0.39 is 10.0 Å². The third kappa shape index (κ3) is 5.10. The molecule has 0 saturated carbocycles. The van der Waals surface area contributed by atoms with Crippen molar-refractivity contribution in [3.05, 3.63) is 81.5 Å². The largest absolute Gasteiger partial charge is 0.367 e. The minimum absolute atomic E-state index is 0.0876. The number of thiophene rings is 1. The van der Waals surface area contributed by atoms with E-state index in [-0.39, 0.29) is 17.3 Å². The first-order valence-electron chi connectivity index (χ1n) is 9.85. The Kier molecular flexibility index (Phi) is 6.62. The van der Waals surface area contributed by atoms with E-state index in [1.54, 1.807) is 17.0 Å². The van der Waals surface area contributed by atoms with Crippen LogP contribution in [0.3, 0.4) is 0 Å². The number of carbonyl (C=O) groups is 1. The van der Waals surface area contributed by atoms with Crippen LogP contribution in [0.15, 0.2) is 70.9 Å². The van der Waals surface area contributed by atoms with E-state index in [0.717, 1.165) is 10.6 Å². The van der Waals surface area contributed by atoms with Gasteiger partial charge in [-0.2, -0.15) is 0 Å². The molecule has 6 nitrogen and oxygen atoms in total. The highest BCUT2D eigenvalue weighted by Gasteiger charge is 2.24. The van der Waals surface area contributed by atoms with Gasteiger partial charge in [0.05, 0.1) is 15.6 Å². The second kappa shape index (κ2) is 9.40. The second-order valence-corrected chi connectivity index (χ2v) is 10.4. The predicted octanol–water partition coefficient (Wildman–Crippen LogP) is 3.84. The van der Waals surface area contributed by atoms with Crippen LogP contribution in [0.25, 0.3) is 0 Å². The second-order valence-electron chi connectivity index (χ2n) is 7.16. The van der Waals surface area contributed by atoms with Crippen LogP contribution in [0.2, 0.25) is 5.02 Å². The zero-order valence-corrected chi connectivity index (χ0v) is 19.1. The zero-order chi connectivity index (χ0) is 21.8. The number of hydrogen-bond acceptors (Lipinski definition) is 5. The standard InChI is InChI=1S/C22H22ClN3O3S2/c23-20-8-1-2-9-21(20)25-10-12-26(13-11-25)22(27)17-5-3-7-19(15-17)31(28,29)24-16-18-6-4-14-30-18/h1-9,14-15,24H,10-13,16H2. The Balaban J connectivity index is 1.42. The summed E-state index contributed by atoms with van der Waals surface area (Å²) in [5.41, 5.74) is 1.33. The summed E-state index contributed by atoms with van der Waals surface area (Å²) in [7, 11) is -3.71. The normalized spacial score (nSPS) is 14.6. The van der Waals surface area contributed by atoms with Crippen LogP contribution in [-0.2, 0) is 16.6 Å². The minimum atomic E-state index is -3.71. The van der Waals surface area contributed by atoms with Crippen molar-refractivity contribution in [1.29, 1.82) is 0 Å². The first-order valence-corrected chi connectivity index (χ1v) is 12.6. The summed E-state index contributed by atoms with van der Waals surface area (Å²) < 4.78 is 27.9. The fourth-order valence-corrected chi connectivity index (χ4v) is 5.54. The van der Waals surface area contributed by atoms with Crippen LogP contribution in [0.1, 0.15) is 15.2 Å². The molecule has 1 saturated heterocycles. The minimum Gasteiger partial charge on any atom is -0.367 e. The Labute approximate surface area is 191 Å². The van der Waals surface area contributed by atoms with E-state index >= 15 is 0 Å². The molecule has 0 bridgehead atoms. The summed E-state index contributed by atoms with van der Waals surface area (Å²) in [6.07, 6.45) is 0. The molecule has 1 amide bonds. The Morgan fingerprint density at radius 1 is 1.00 bits per heavy atom. The van der Waals surface area contributed by atoms with E-state index in [2.05, 4.69) is 9.62 Å². The third-order valence-electron chi connectivity index (χ3n) is 5.17. The summed E-state index contributed by atoms with van der Waals surface area (Å²) in [6, 6.07) is 17.6. The van der Waals surface area contributed by atoms with Gasteiger partial charge in [0, 0.05) is 43.2 Å². The molecule has 1 aliphatic heterocycles. The van der Waals surface area contributed by atoms with Gasteiger partial charge in [0.25, 0.3) is 5.91 Å². The Morgan fingerprint density at radius 3 is 2.48 bits per heavy atom. The Bertz CT molecular complexity index is 1160. The average molecular weight is 476 g/mol. The molecule has 4 rings (SSSR count). The molecule has 2 heterocycles. The Hall–Kier alpha value is -2.39. The van der Waals surface area contributed by atoms with E-state index in [1.165, 1.54) is 23.5 Å². The van der Waals surface area contributed by atoms with Gasteiger partial charge in [-0.25, -0.2) is 13.1 Å². The average Bonchev–Trinajstić information content (AvgIpc) is 3.32. The number of sulfonamides is 1. The van der Waals surface area contributed by atoms with Crippen LogP contribution >= 0.6 is 22.9 Å². The highest BCUT2D eigenvalue weighted by Crippen LogP contribution is 2.26.